The lowest BCUT2D eigenvalue weighted by Gasteiger charge is -2.41. The van der Waals surface area contributed by atoms with Gasteiger partial charge in [0.05, 0.1) is 19.8 Å². The molecule has 13 heteroatoms. The molecule has 1 rings (SSSR count). The maximum absolute atomic E-state index is 13.0. The number of allylic oxidation sites excluding steroid dienone is 10. The molecule has 0 spiro atoms. The Labute approximate surface area is 439 Å². The molecule has 0 aromatic carbocycles. The van der Waals surface area contributed by atoms with Gasteiger partial charge >= 0.3 is 16.4 Å². The van der Waals surface area contributed by atoms with E-state index in [0.29, 0.717) is 13.0 Å². The van der Waals surface area contributed by atoms with Crippen molar-refractivity contribution < 1.29 is 56.2 Å². The third-order valence-electron chi connectivity index (χ3n) is 13.1. The van der Waals surface area contributed by atoms with Gasteiger partial charge in [-0.15, -0.1) is 0 Å². The first-order valence-electron chi connectivity index (χ1n) is 29.0. The molecule has 1 heterocycles. The predicted molar refractivity (Wildman–Crippen MR) is 294 cm³/mol. The molecule has 0 saturated carbocycles. The average molecular weight is 1040 g/mol. The van der Waals surface area contributed by atoms with Gasteiger partial charge in [0.15, 0.2) is 6.29 Å². The number of hydrogen-bond acceptors (Lipinski definition) is 11. The van der Waals surface area contributed by atoms with Gasteiger partial charge in [-0.25, -0.2) is 4.18 Å². The number of ether oxygens (including phenoxy) is 4. The van der Waals surface area contributed by atoms with Crippen molar-refractivity contribution in [2.45, 2.75) is 282 Å². The van der Waals surface area contributed by atoms with Gasteiger partial charge in [0.2, 0.25) is 0 Å². The van der Waals surface area contributed by atoms with E-state index in [4.69, 9.17) is 18.9 Å². The molecule has 72 heavy (non-hydrogen) atoms. The minimum Gasteiger partial charge on any atom is -0.457 e. The Kier molecular flexibility index (Phi) is 46.8. The van der Waals surface area contributed by atoms with Crippen molar-refractivity contribution in [3.05, 3.63) is 60.8 Å². The Balaban J connectivity index is 2.31. The molecule has 6 atom stereocenters. The highest BCUT2D eigenvalue weighted by Gasteiger charge is 2.48. The van der Waals surface area contributed by atoms with Crippen LogP contribution in [0.2, 0.25) is 0 Å². The monoisotopic (exact) mass is 1040 g/mol. The fraction of sp³-hybridized carbons (Fsp3) is 0.814. The Hall–Kier alpha value is -2.20. The normalized spacial score (nSPS) is 19.3. The van der Waals surface area contributed by atoms with E-state index in [1.54, 1.807) is 0 Å². The summed E-state index contributed by atoms with van der Waals surface area (Å²) in [5.74, 6) is -0.404. The van der Waals surface area contributed by atoms with Crippen molar-refractivity contribution in [1.29, 1.82) is 0 Å². The second kappa shape index (κ2) is 49.7. The molecule has 4 N–H and O–H groups in total. The molecule has 420 valence electrons. The molecule has 1 aliphatic heterocycles. The molecule has 1 aliphatic rings. The third kappa shape index (κ3) is 42.1. The van der Waals surface area contributed by atoms with Crippen LogP contribution in [0.5, 0.6) is 0 Å². The van der Waals surface area contributed by atoms with E-state index in [9.17, 15) is 33.1 Å². The third-order valence-corrected chi connectivity index (χ3v) is 13.6. The summed E-state index contributed by atoms with van der Waals surface area (Å²) in [7, 11) is -5.07. The average Bonchev–Trinajstić information content (AvgIpc) is 3.36. The zero-order chi connectivity index (χ0) is 52.4. The molecule has 1 saturated heterocycles. The Morgan fingerprint density at radius 1 is 0.528 bits per heavy atom. The van der Waals surface area contributed by atoms with Gasteiger partial charge in [0.25, 0.3) is 0 Å². The molecule has 12 nitrogen and oxygen atoms in total. The number of hydrogen-bond donors (Lipinski definition) is 4. The Morgan fingerprint density at radius 3 is 1.33 bits per heavy atom. The number of rotatable bonds is 51. The summed E-state index contributed by atoms with van der Waals surface area (Å²) in [6.07, 6.45) is 55.3. The number of aliphatic hydroxyl groups excluding tert-OH is 3. The van der Waals surface area contributed by atoms with E-state index in [2.05, 4.69) is 78.8 Å². The molecule has 0 aromatic rings. The summed E-state index contributed by atoms with van der Waals surface area (Å²) in [6.45, 7) is 3.98. The van der Waals surface area contributed by atoms with Gasteiger partial charge in [-0.2, -0.15) is 8.42 Å². The van der Waals surface area contributed by atoms with Crippen molar-refractivity contribution >= 4 is 16.4 Å². The van der Waals surface area contributed by atoms with Crippen LogP contribution in [-0.4, -0.2) is 97.5 Å². The number of unbranched alkanes of at least 4 members (excludes halogenated alkanes) is 28. The second-order valence-corrected chi connectivity index (χ2v) is 20.9. The van der Waals surface area contributed by atoms with E-state index in [-0.39, 0.29) is 19.6 Å². The minimum absolute atomic E-state index is 0.0291. The van der Waals surface area contributed by atoms with E-state index in [0.717, 1.165) is 70.6 Å². The van der Waals surface area contributed by atoms with E-state index < -0.39 is 59.8 Å². The van der Waals surface area contributed by atoms with Gasteiger partial charge in [-0.05, 0) is 83.5 Å². The number of aliphatic hydroxyl groups is 3. The van der Waals surface area contributed by atoms with Crippen molar-refractivity contribution in [2.24, 2.45) is 0 Å². The highest BCUT2D eigenvalue weighted by Crippen LogP contribution is 2.26. The fourth-order valence-corrected chi connectivity index (χ4v) is 9.22. The second-order valence-electron chi connectivity index (χ2n) is 19.9. The molecule has 0 aromatic heterocycles. The van der Waals surface area contributed by atoms with Crippen LogP contribution in [-0.2, 0) is 38.3 Å². The molecular weight excluding hydrogens is 933 g/mol. The first-order valence-corrected chi connectivity index (χ1v) is 30.4. The first-order chi connectivity index (χ1) is 35.1. The van der Waals surface area contributed by atoms with Crippen LogP contribution in [0.15, 0.2) is 60.8 Å². The smallest absolute Gasteiger partial charge is 0.397 e. The van der Waals surface area contributed by atoms with Crippen LogP contribution in [0, 0.1) is 0 Å². The Morgan fingerprint density at radius 2 is 0.917 bits per heavy atom. The highest BCUT2D eigenvalue weighted by atomic mass is 32.3. The van der Waals surface area contributed by atoms with Gasteiger partial charge in [-0.1, -0.05) is 216 Å². The van der Waals surface area contributed by atoms with Crippen molar-refractivity contribution in [3.63, 3.8) is 0 Å². The van der Waals surface area contributed by atoms with Crippen LogP contribution in [0.4, 0.5) is 0 Å². The number of carbonyl (C=O) groups is 1. The van der Waals surface area contributed by atoms with Crippen molar-refractivity contribution in [1.82, 2.24) is 0 Å². The molecule has 0 radical (unpaired) electrons. The summed E-state index contributed by atoms with van der Waals surface area (Å²) in [5, 5.41) is 30.8. The van der Waals surface area contributed by atoms with Crippen LogP contribution in [0.25, 0.3) is 0 Å². The lowest BCUT2D eigenvalue weighted by atomic mass is 9.99. The molecule has 0 bridgehead atoms. The van der Waals surface area contributed by atoms with E-state index in [1.807, 2.05) is 0 Å². The maximum Gasteiger partial charge on any atom is 0.397 e. The lowest BCUT2D eigenvalue weighted by Crippen LogP contribution is -2.60. The predicted octanol–water partition coefficient (Wildman–Crippen LogP) is 14.4. The molecule has 6 unspecified atom stereocenters. The molecule has 0 amide bonds. The largest absolute Gasteiger partial charge is 0.457 e. The maximum atomic E-state index is 13.0. The minimum atomic E-state index is -5.07. The van der Waals surface area contributed by atoms with E-state index >= 15 is 0 Å². The van der Waals surface area contributed by atoms with Crippen LogP contribution >= 0.6 is 0 Å². The van der Waals surface area contributed by atoms with Crippen molar-refractivity contribution in [2.75, 3.05) is 26.4 Å². The van der Waals surface area contributed by atoms with Gasteiger partial charge < -0.3 is 34.3 Å². The van der Waals surface area contributed by atoms with Crippen LogP contribution in [0.1, 0.15) is 245 Å². The topological polar surface area (TPSA) is 178 Å². The standard InChI is InChI=1S/C59H106O12S/c1-3-5-7-9-11-13-15-17-19-21-23-25-26-27-29-31-33-35-37-39-41-43-45-47-49-67-51-53(52-68-59-57(63)58(71-72(64,65)66)56(62)54(50-60)70-59)69-55(61)48-46-44-42-40-38-36-34-32-30-28-24-22-20-18-16-14-12-10-8-6-4-2/h15-18,21-24,26-27,53-54,56-60,62-63H,3-14,19-20,25,28-52H2,1-2H3,(H,64,65,66)/b17-15-,18-16-,23-21-,24-22-,27-26-. The van der Waals surface area contributed by atoms with Crippen LogP contribution < -0.4 is 0 Å². The summed E-state index contributed by atoms with van der Waals surface area (Å²) in [6, 6.07) is 0. The summed E-state index contributed by atoms with van der Waals surface area (Å²) < 4.78 is 59.4. The van der Waals surface area contributed by atoms with Gasteiger partial charge in [0, 0.05) is 13.0 Å². The molecule has 0 aliphatic carbocycles. The molecule has 1 fully saturated rings. The summed E-state index contributed by atoms with van der Waals surface area (Å²) in [5.41, 5.74) is 0. The quantitative estimate of drug-likeness (QED) is 0.0196. The SMILES string of the molecule is CCCCCCC/C=C\C/C=C\C/C=C\CCCCCCCCCCCOCC(COC1OC(CO)C(O)C(OS(=O)(=O)O)C1O)OC(=O)CCCCCCCCCCC/C=C\C/C=C\CCCCCCC. The summed E-state index contributed by atoms with van der Waals surface area (Å²) in [4.78, 5) is 13.0. The summed E-state index contributed by atoms with van der Waals surface area (Å²) >= 11 is 0. The number of esters is 1. The number of carbonyl (C=O) groups excluding carboxylic acids is 1. The lowest BCUT2D eigenvalue weighted by molar-refractivity contribution is -0.301. The first kappa shape index (κ1) is 67.8. The van der Waals surface area contributed by atoms with Gasteiger partial charge in [0.1, 0.15) is 30.5 Å². The zero-order valence-corrected chi connectivity index (χ0v) is 46.3. The Bertz CT molecular complexity index is 1480. The highest BCUT2D eigenvalue weighted by molar-refractivity contribution is 7.80. The fourth-order valence-electron chi connectivity index (χ4n) is 8.71. The van der Waals surface area contributed by atoms with E-state index in [1.165, 1.54) is 148 Å². The molecular formula is C59H106O12S. The van der Waals surface area contributed by atoms with Crippen LogP contribution in [0.3, 0.4) is 0 Å². The zero-order valence-electron chi connectivity index (χ0n) is 45.5. The van der Waals surface area contributed by atoms with Gasteiger partial charge in [-0.3, -0.25) is 9.35 Å². The van der Waals surface area contributed by atoms with Crippen molar-refractivity contribution in [3.8, 4) is 0 Å².